The molecule has 1 aromatic rings. The Morgan fingerprint density at radius 3 is 2.50 bits per heavy atom. The summed E-state index contributed by atoms with van der Waals surface area (Å²) in [5.41, 5.74) is 0.717. The van der Waals surface area contributed by atoms with Crippen molar-refractivity contribution in [2.24, 2.45) is 11.1 Å². The second-order valence-electron chi connectivity index (χ2n) is 5.34. The van der Waals surface area contributed by atoms with Crippen molar-refractivity contribution in [3.63, 3.8) is 0 Å². The van der Waals surface area contributed by atoms with Crippen LogP contribution in [0.15, 0.2) is 29.2 Å². The molecule has 0 saturated heterocycles. The molecule has 0 heterocycles. The average Bonchev–Trinajstić information content (AvgIpc) is 2.35. The average molecular weight is 298 g/mol. The highest BCUT2D eigenvalue weighted by Crippen LogP contribution is 2.17. The van der Waals surface area contributed by atoms with Crippen molar-refractivity contribution in [2.45, 2.75) is 44.6 Å². The maximum atomic E-state index is 11.8. The van der Waals surface area contributed by atoms with Crippen LogP contribution in [0.1, 0.15) is 45.2 Å². The van der Waals surface area contributed by atoms with E-state index >= 15 is 0 Å². The number of sulfonamides is 1. The number of carbonyl (C=O) groups excluding carboxylic acids is 1. The van der Waals surface area contributed by atoms with Crippen LogP contribution < -0.4 is 10.5 Å². The van der Waals surface area contributed by atoms with Crippen LogP contribution in [0.25, 0.3) is 0 Å². The maximum absolute atomic E-state index is 11.8. The molecule has 6 heteroatoms. The molecule has 1 amide bonds. The minimum atomic E-state index is -3.72. The van der Waals surface area contributed by atoms with Gasteiger partial charge in [0, 0.05) is 6.42 Å². The Balaban J connectivity index is 2.73. The highest BCUT2D eigenvalue weighted by atomic mass is 32.2. The van der Waals surface area contributed by atoms with E-state index in [4.69, 9.17) is 5.14 Å². The molecule has 1 atom stereocenters. The fraction of sp³-hybridized carbons (Fsp3) is 0.500. The van der Waals surface area contributed by atoms with Crippen molar-refractivity contribution in [1.82, 2.24) is 5.32 Å². The van der Waals surface area contributed by atoms with Crippen LogP contribution in [0.3, 0.4) is 0 Å². The van der Waals surface area contributed by atoms with Gasteiger partial charge >= 0.3 is 0 Å². The van der Waals surface area contributed by atoms with E-state index in [1.165, 1.54) is 12.1 Å². The SMILES string of the molecule is CC(C)CCC(=O)NC(C)c1cccc(S(N)(=O)=O)c1. The monoisotopic (exact) mass is 298 g/mol. The molecular formula is C14H22N2O3S. The van der Waals surface area contributed by atoms with Crippen LogP contribution in [0, 0.1) is 5.92 Å². The second-order valence-corrected chi connectivity index (χ2v) is 6.90. The van der Waals surface area contributed by atoms with E-state index in [-0.39, 0.29) is 16.8 Å². The van der Waals surface area contributed by atoms with Gasteiger partial charge in [-0.2, -0.15) is 0 Å². The van der Waals surface area contributed by atoms with E-state index in [1.807, 2.05) is 6.92 Å². The maximum Gasteiger partial charge on any atom is 0.238 e. The van der Waals surface area contributed by atoms with Gasteiger partial charge in [-0.15, -0.1) is 0 Å². The fourth-order valence-corrected chi connectivity index (χ4v) is 2.35. The number of carbonyl (C=O) groups is 1. The Hall–Kier alpha value is -1.40. The molecule has 0 spiro atoms. The largest absolute Gasteiger partial charge is 0.350 e. The van der Waals surface area contributed by atoms with Crippen molar-refractivity contribution >= 4 is 15.9 Å². The minimum absolute atomic E-state index is 0.0350. The lowest BCUT2D eigenvalue weighted by Crippen LogP contribution is -2.26. The number of primary sulfonamides is 1. The molecule has 3 N–H and O–H groups in total. The number of rotatable bonds is 6. The van der Waals surface area contributed by atoms with Gasteiger partial charge in [-0.25, -0.2) is 13.6 Å². The summed E-state index contributed by atoms with van der Waals surface area (Å²) in [6, 6.07) is 6.05. The highest BCUT2D eigenvalue weighted by Gasteiger charge is 2.13. The molecule has 0 aliphatic rings. The van der Waals surface area contributed by atoms with Gasteiger partial charge in [-0.3, -0.25) is 4.79 Å². The third kappa shape index (κ3) is 5.30. The minimum Gasteiger partial charge on any atom is -0.350 e. The summed E-state index contributed by atoms with van der Waals surface area (Å²) in [6.07, 6.45) is 1.30. The Labute approximate surface area is 120 Å². The molecule has 112 valence electrons. The molecule has 20 heavy (non-hydrogen) atoms. The molecule has 5 nitrogen and oxygen atoms in total. The van der Waals surface area contributed by atoms with E-state index in [2.05, 4.69) is 19.2 Å². The first kappa shape index (κ1) is 16.7. The quantitative estimate of drug-likeness (QED) is 0.841. The van der Waals surface area contributed by atoms with E-state index < -0.39 is 10.0 Å². The third-order valence-electron chi connectivity index (χ3n) is 3.01. The normalized spacial score (nSPS) is 13.2. The zero-order chi connectivity index (χ0) is 15.3. The lowest BCUT2D eigenvalue weighted by molar-refractivity contribution is -0.122. The molecule has 1 unspecified atom stereocenters. The first-order valence-corrected chi connectivity index (χ1v) is 8.17. The Morgan fingerprint density at radius 2 is 1.95 bits per heavy atom. The summed E-state index contributed by atoms with van der Waals surface area (Å²) in [7, 11) is -3.72. The van der Waals surface area contributed by atoms with Gasteiger partial charge < -0.3 is 5.32 Å². The van der Waals surface area contributed by atoms with Gasteiger partial charge in [0.2, 0.25) is 15.9 Å². The summed E-state index contributed by atoms with van der Waals surface area (Å²) in [5.74, 6) is 0.439. The smallest absolute Gasteiger partial charge is 0.238 e. The molecule has 0 aromatic heterocycles. The summed E-state index contributed by atoms with van der Waals surface area (Å²) in [4.78, 5) is 11.8. The molecule has 0 radical (unpaired) electrons. The van der Waals surface area contributed by atoms with Crippen LogP contribution in [-0.2, 0) is 14.8 Å². The van der Waals surface area contributed by atoms with Crippen molar-refractivity contribution < 1.29 is 13.2 Å². The zero-order valence-electron chi connectivity index (χ0n) is 12.1. The first-order valence-electron chi connectivity index (χ1n) is 6.62. The van der Waals surface area contributed by atoms with E-state index in [0.717, 1.165) is 12.0 Å². The first-order chi connectivity index (χ1) is 9.20. The predicted molar refractivity (Wildman–Crippen MR) is 78.4 cm³/mol. The van der Waals surface area contributed by atoms with Crippen LogP contribution >= 0.6 is 0 Å². The lowest BCUT2D eigenvalue weighted by Gasteiger charge is -2.15. The van der Waals surface area contributed by atoms with Gasteiger partial charge in [0.1, 0.15) is 0 Å². The Kier molecular flexibility index (Phi) is 5.71. The number of nitrogens with two attached hydrogens (primary N) is 1. The van der Waals surface area contributed by atoms with Crippen molar-refractivity contribution in [3.8, 4) is 0 Å². The third-order valence-corrected chi connectivity index (χ3v) is 3.92. The van der Waals surface area contributed by atoms with Crippen LogP contribution in [0.5, 0.6) is 0 Å². The molecule has 0 saturated carbocycles. The van der Waals surface area contributed by atoms with Crippen LogP contribution in [0.2, 0.25) is 0 Å². The fourth-order valence-electron chi connectivity index (χ4n) is 1.78. The number of hydrogen-bond donors (Lipinski definition) is 2. The molecule has 1 rings (SSSR count). The van der Waals surface area contributed by atoms with Crippen molar-refractivity contribution in [1.29, 1.82) is 0 Å². The summed E-state index contributed by atoms with van der Waals surface area (Å²) < 4.78 is 22.6. The van der Waals surface area contributed by atoms with Crippen molar-refractivity contribution in [2.75, 3.05) is 0 Å². The van der Waals surface area contributed by atoms with Gasteiger partial charge in [0.05, 0.1) is 10.9 Å². The zero-order valence-corrected chi connectivity index (χ0v) is 12.9. The van der Waals surface area contributed by atoms with E-state index in [1.54, 1.807) is 12.1 Å². The topological polar surface area (TPSA) is 89.3 Å². The highest BCUT2D eigenvalue weighted by molar-refractivity contribution is 7.89. The number of amides is 1. The van der Waals surface area contributed by atoms with Crippen LogP contribution in [-0.4, -0.2) is 14.3 Å². The van der Waals surface area contributed by atoms with E-state index in [0.29, 0.717) is 12.3 Å². The van der Waals surface area contributed by atoms with Gasteiger partial charge in [0.25, 0.3) is 0 Å². The van der Waals surface area contributed by atoms with Crippen LogP contribution in [0.4, 0.5) is 0 Å². The number of benzene rings is 1. The summed E-state index contributed by atoms with van der Waals surface area (Å²) in [6.45, 7) is 5.94. The number of hydrogen-bond acceptors (Lipinski definition) is 3. The Morgan fingerprint density at radius 1 is 1.30 bits per heavy atom. The molecular weight excluding hydrogens is 276 g/mol. The van der Waals surface area contributed by atoms with Gasteiger partial charge in [-0.1, -0.05) is 26.0 Å². The lowest BCUT2D eigenvalue weighted by atomic mass is 10.1. The van der Waals surface area contributed by atoms with Crippen molar-refractivity contribution in [3.05, 3.63) is 29.8 Å². The second kappa shape index (κ2) is 6.85. The predicted octanol–water partition coefficient (Wildman–Crippen LogP) is 1.95. The molecule has 0 bridgehead atoms. The summed E-state index contributed by atoms with van der Waals surface area (Å²) in [5, 5.41) is 7.95. The molecule has 1 aromatic carbocycles. The van der Waals surface area contributed by atoms with Gasteiger partial charge in [0.15, 0.2) is 0 Å². The van der Waals surface area contributed by atoms with Gasteiger partial charge in [-0.05, 0) is 37.0 Å². The standard InChI is InChI=1S/C14H22N2O3S/c1-10(2)7-8-14(17)16-11(3)12-5-4-6-13(9-12)20(15,18)19/h4-6,9-11H,7-8H2,1-3H3,(H,16,17)(H2,15,18,19). The molecule has 0 fully saturated rings. The summed E-state index contributed by atoms with van der Waals surface area (Å²) >= 11 is 0. The van der Waals surface area contributed by atoms with E-state index in [9.17, 15) is 13.2 Å². The molecule has 0 aliphatic heterocycles. The molecule has 0 aliphatic carbocycles. The Bertz CT molecular complexity index is 568. The number of nitrogens with one attached hydrogen (secondary N) is 1.